The first-order valence-electron chi connectivity index (χ1n) is 10.8. The minimum absolute atomic E-state index is 0.0516. The molecular weight excluding hydrogens is 432 g/mol. The maximum absolute atomic E-state index is 12.4. The van der Waals surface area contributed by atoms with Gasteiger partial charge in [0.05, 0.1) is 29.0 Å². The molecule has 4 heterocycles. The van der Waals surface area contributed by atoms with Gasteiger partial charge in [0.2, 0.25) is 5.91 Å². The molecule has 5 rings (SSSR count). The van der Waals surface area contributed by atoms with Gasteiger partial charge in [-0.2, -0.15) is 0 Å². The van der Waals surface area contributed by atoms with Gasteiger partial charge < -0.3 is 15.8 Å². The van der Waals surface area contributed by atoms with Crippen LogP contribution in [-0.4, -0.2) is 50.2 Å². The Labute approximate surface area is 189 Å². The van der Waals surface area contributed by atoms with Gasteiger partial charge in [0.15, 0.2) is 11.0 Å². The van der Waals surface area contributed by atoms with E-state index < -0.39 is 0 Å². The van der Waals surface area contributed by atoms with Crippen molar-refractivity contribution in [1.29, 1.82) is 0 Å². The van der Waals surface area contributed by atoms with E-state index in [0.29, 0.717) is 24.0 Å². The van der Waals surface area contributed by atoms with Crippen LogP contribution in [-0.2, 0) is 16.1 Å². The molecule has 3 aromatic rings. The van der Waals surface area contributed by atoms with Crippen molar-refractivity contribution in [3.05, 3.63) is 18.3 Å². The Kier molecular flexibility index (Phi) is 6.10. The number of nitrogens with two attached hydrogens (primary N) is 1. The highest BCUT2D eigenvalue weighted by Gasteiger charge is 2.25. The van der Waals surface area contributed by atoms with Crippen molar-refractivity contribution >= 4 is 44.9 Å². The molecule has 2 fully saturated rings. The smallest absolute Gasteiger partial charge is 0.230 e. The average Bonchev–Trinajstić information content (AvgIpc) is 3.56. The molecular formula is C21H26N6O2S2. The topological polar surface area (TPSA) is 108 Å². The van der Waals surface area contributed by atoms with Gasteiger partial charge in [0.25, 0.3) is 0 Å². The lowest BCUT2D eigenvalue weighted by molar-refractivity contribution is -0.119. The predicted molar refractivity (Wildman–Crippen MR) is 123 cm³/mol. The molecule has 2 aliphatic rings. The van der Waals surface area contributed by atoms with E-state index >= 15 is 0 Å². The van der Waals surface area contributed by atoms with E-state index in [0.717, 1.165) is 58.4 Å². The number of thioether (sulfide) groups is 1. The quantitative estimate of drug-likeness (QED) is 0.522. The minimum atomic E-state index is 0.0516. The fraction of sp³-hybridized carbons (Fsp3) is 0.524. The summed E-state index contributed by atoms with van der Waals surface area (Å²) < 4.78 is 7.93. The van der Waals surface area contributed by atoms with Crippen LogP contribution in [0.5, 0.6) is 0 Å². The number of nitrogens with one attached hydrogen (secondary N) is 1. The van der Waals surface area contributed by atoms with Gasteiger partial charge in [0, 0.05) is 24.2 Å². The maximum Gasteiger partial charge on any atom is 0.230 e. The molecule has 3 N–H and O–H groups in total. The molecule has 0 radical (unpaired) electrons. The molecule has 1 aliphatic heterocycles. The van der Waals surface area contributed by atoms with Crippen molar-refractivity contribution in [3.8, 4) is 10.7 Å². The fourth-order valence-electron chi connectivity index (χ4n) is 4.31. The monoisotopic (exact) mass is 458 g/mol. The van der Waals surface area contributed by atoms with Gasteiger partial charge in [0.1, 0.15) is 4.83 Å². The lowest BCUT2D eigenvalue weighted by Gasteiger charge is -2.15. The number of anilines is 1. The summed E-state index contributed by atoms with van der Waals surface area (Å²) >= 11 is 2.94. The summed E-state index contributed by atoms with van der Waals surface area (Å²) in [6, 6.07) is 4.18. The second kappa shape index (κ2) is 9.13. The lowest BCUT2D eigenvalue weighted by atomic mass is 10.2. The minimum Gasteiger partial charge on any atom is -0.397 e. The number of carbonyl (C=O) groups is 1. The molecule has 1 atom stereocenters. The summed E-state index contributed by atoms with van der Waals surface area (Å²) in [7, 11) is 0. The van der Waals surface area contributed by atoms with Crippen LogP contribution in [0.15, 0.2) is 23.5 Å². The zero-order valence-corrected chi connectivity index (χ0v) is 18.9. The maximum atomic E-state index is 12.4. The number of amides is 1. The standard InChI is InChI=1S/C21H26N6O2S2/c22-17-15-8-3-9-23-20(15)31-18(17)19-25-26-21(27(19)11-14-7-4-10-29-14)30-12-16(28)24-13-5-1-2-6-13/h3,8-9,13-14H,1-2,4-7,10-12,22H2,(H,24,28)/t14-/m1/s1. The number of fused-ring (bicyclic) bond motifs is 1. The van der Waals surface area contributed by atoms with E-state index in [1.54, 1.807) is 6.20 Å². The van der Waals surface area contributed by atoms with Crippen LogP contribution in [0.2, 0.25) is 0 Å². The molecule has 1 saturated carbocycles. The highest BCUT2D eigenvalue weighted by atomic mass is 32.2. The Hall–Kier alpha value is -2.17. The van der Waals surface area contributed by atoms with E-state index in [1.165, 1.54) is 35.9 Å². The second-order valence-electron chi connectivity index (χ2n) is 8.09. The number of ether oxygens (including phenoxy) is 1. The van der Waals surface area contributed by atoms with Crippen LogP contribution in [0, 0.1) is 0 Å². The number of thiophene rings is 1. The number of carbonyl (C=O) groups excluding carboxylic acids is 1. The van der Waals surface area contributed by atoms with Crippen LogP contribution < -0.4 is 11.1 Å². The molecule has 0 unspecified atom stereocenters. The van der Waals surface area contributed by atoms with Crippen molar-refractivity contribution in [1.82, 2.24) is 25.1 Å². The summed E-state index contributed by atoms with van der Waals surface area (Å²) in [6.45, 7) is 1.43. The second-order valence-corrected chi connectivity index (χ2v) is 10.0. The molecule has 1 amide bonds. The largest absolute Gasteiger partial charge is 0.397 e. The number of hydrogen-bond acceptors (Lipinski definition) is 8. The molecule has 0 aromatic carbocycles. The van der Waals surface area contributed by atoms with Gasteiger partial charge >= 0.3 is 0 Å². The molecule has 1 saturated heterocycles. The average molecular weight is 459 g/mol. The van der Waals surface area contributed by atoms with Crippen LogP contribution in [0.25, 0.3) is 20.9 Å². The Balaban J connectivity index is 1.40. The summed E-state index contributed by atoms with van der Waals surface area (Å²) in [5.41, 5.74) is 7.13. The number of nitrogen functional groups attached to an aromatic ring is 1. The Morgan fingerprint density at radius 1 is 1.29 bits per heavy atom. The zero-order valence-electron chi connectivity index (χ0n) is 17.2. The zero-order chi connectivity index (χ0) is 21.2. The summed E-state index contributed by atoms with van der Waals surface area (Å²) in [4.78, 5) is 18.6. The van der Waals surface area contributed by atoms with Crippen molar-refractivity contribution in [2.24, 2.45) is 0 Å². The van der Waals surface area contributed by atoms with Crippen LogP contribution in [0.3, 0.4) is 0 Å². The van der Waals surface area contributed by atoms with Crippen molar-refractivity contribution in [2.75, 3.05) is 18.1 Å². The van der Waals surface area contributed by atoms with Crippen LogP contribution >= 0.6 is 23.1 Å². The fourth-order valence-corrected chi connectivity index (χ4v) is 6.12. The van der Waals surface area contributed by atoms with Crippen molar-refractivity contribution in [3.63, 3.8) is 0 Å². The van der Waals surface area contributed by atoms with E-state index in [-0.39, 0.29) is 12.0 Å². The molecule has 164 valence electrons. The predicted octanol–water partition coefficient (Wildman–Crippen LogP) is 3.47. The third-order valence-electron chi connectivity index (χ3n) is 5.89. The summed E-state index contributed by atoms with van der Waals surface area (Å²) in [5, 5.41) is 13.7. The molecule has 3 aromatic heterocycles. The molecule has 0 bridgehead atoms. The number of pyridine rings is 1. The van der Waals surface area contributed by atoms with Crippen molar-refractivity contribution in [2.45, 2.75) is 62.4 Å². The molecule has 10 heteroatoms. The van der Waals surface area contributed by atoms with Crippen molar-refractivity contribution < 1.29 is 9.53 Å². The van der Waals surface area contributed by atoms with Crippen LogP contribution in [0.4, 0.5) is 5.69 Å². The lowest BCUT2D eigenvalue weighted by Crippen LogP contribution is -2.33. The van der Waals surface area contributed by atoms with E-state index in [2.05, 4.69) is 25.1 Å². The highest BCUT2D eigenvalue weighted by molar-refractivity contribution is 7.99. The third kappa shape index (κ3) is 4.42. The molecule has 8 nitrogen and oxygen atoms in total. The number of rotatable bonds is 7. The number of nitrogens with zero attached hydrogens (tertiary/aromatic N) is 4. The molecule has 31 heavy (non-hydrogen) atoms. The first kappa shape index (κ1) is 20.7. The molecule has 0 spiro atoms. The summed E-state index contributed by atoms with van der Waals surface area (Å²) in [5.74, 6) is 1.09. The number of hydrogen-bond donors (Lipinski definition) is 2. The van der Waals surface area contributed by atoms with Gasteiger partial charge in [-0.25, -0.2) is 4.98 Å². The van der Waals surface area contributed by atoms with E-state index in [9.17, 15) is 4.79 Å². The SMILES string of the molecule is Nc1c(-c2nnc(SCC(=O)NC3CCCC3)n2C[C@H]2CCCO2)sc2ncccc12. The van der Waals surface area contributed by atoms with Gasteiger partial charge in [-0.3, -0.25) is 9.36 Å². The summed E-state index contributed by atoms with van der Waals surface area (Å²) in [6.07, 6.45) is 8.50. The highest BCUT2D eigenvalue weighted by Crippen LogP contribution is 2.40. The Morgan fingerprint density at radius 2 is 2.16 bits per heavy atom. The third-order valence-corrected chi connectivity index (χ3v) is 7.98. The van der Waals surface area contributed by atoms with E-state index in [4.69, 9.17) is 10.5 Å². The molecule has 1 aliphatic carbocycles. The Morgan fingerprint density at radius 3 is 2.94 bits per heavy atom. The first-order chi connectivity index (χ1) is 15.2. The van der Waals surface area contributed by atoms with Gasteiger partial charge in [-0.05, 0) is 37.8 Å². The first-order valence-corrected chi connectivity index (χ1v) is 12.6. The van der Waals surface area contributed by atoms with Crippen LogP contribution in [0.1, 0.15) is 38.5 Å². The van der Waals surface area contributed by atoms with Gasteiger partial charge in [-0.15, -0.1) is 21.5 Å². The van der Waals surface area contributed by atoms with E-state index in [1.807, 2.05) is 12.1 Å². The Bertz CT molecular complexity index is 1070. The van der Waals surface area contributed by atoms with Gasteiger partial charge in [-0.1, -0.05) is 24.6 Å². The normalized spacial score (nSPS) is 19.4. The number of aromatic nitrogens is 4.